The summed E-state index contributed by atoms with van der Waals surface area (Å²) in [4.78, 5) is 24.1. The highest BCUT2D eigenvalue weighted by Gasteiger charge is 2.17. The number of aromatic carboxylic acids is 1. The monoisotopic (exact) mass is 183 g/mol. The summed E-state index contributed by atoms with van der Waals surface area (Å²) in [5.74, 6) is -1.80. The highest BCUT2D eigenvalue weighted by atomic mass is 16.5. The van der Waals surface area contributed by atoms with Crippen LogP contribution in [0.15, 0.2) is 12.3 Å². The van der Waals surface area contributed by atoms with Gasteiger partial charge in [0.2, 0.25) is 0 Å². The molecule has 0 saturated carbocycles. The first kappa shape index (κ1) is 9.31. The van der Waals surface area contributed by atoms with Crippen molar-refractivity contribution in [3.63, 3.8) is 0 Å². The number of nitrogens with one attached hydrogen (secondary N) is 1. The van der Waals surface area contributed by atoms with Gasteiger partial charge in [-0.3, -0.25) is 0 Å². The van der Waals surface area contributed by atoms with E-state index in [0.29, 0.717) is 0 Å². The van der Waals surface area contributed by atoms with Gasteiger partial charge in [0.15, 0.2) is 0 Å². The van der Waals surface area contributed by atoms with Gasteiger partial charge in [0.1, 0.15) is 5.69 Å². The first-order chi connectivity index (χ1) is 6.16. The van der Waals surface area contributed by atoms with Crippen LogP contribution in [0.2, 0.25) is 0 Å². The molecule has 0 atom stereocenters. The second-order valence-corrected chi connectivity index (χ2v) is 2.29. The van der Waals surface area contributed by atoms with E-state index in [9.17, 15) is 9.59 Å². The largest absolute Gasteiger partial charge is 0.477 e. The van der Waals surface area contributed by atoms with Crippen molar-refractivity contribution in [2.24, 2.45) is 0 Å². The Morgan fingerprint density at radius 2 is 2.31 bits per heavy atom. The molecular formula is C8H9NO4. The number of carboxylic acids is 1. The lowest BCUT2D eigenvalue weighted by Gasteiger charge is -1.99. The molecule has 0 spiro atoms. The second-order valence-electron chi connectivity index (χ2n) is 2.29. The molecule has 0 aliphatic rings. The Balaban J connectivity index is 2.93. The van der Waals surface area contributed by atoms with Gasteiger partial charge in [0, 0.05) is 6.20 Å². The van der Waals surface area contributed by atoms with Crippen LogP contribution in [0.5, 0.6) is 0 Å². The van der Waals surface area contributed by atoms with Crippen LogP contribution in [0, 0.1) is 0 Å². The summed E-state index contributed by atoms with van der Waals surface area (Å²) in [6.45, 7) is 1.88. The normalized spacial score (nSPS) is 9.62. The molecule has 0 bridgehead atoms. The third-order valence-electron chi connectivity index (χ3n) is 1.46. The van der Waals surface area contributed by atoms with Crippen molar-refractivity contribution in [1.29, 1.82) is 0 Å². The van der Waals surface area contributed by atoms with E-state index in [1.54, 1.807) is 6.92 Å². The Labute approximate surface area is 74.3 Å². The van der Waals surface area contributed by atoms with Gasteiger partial charge in [-0.15, -0.1) is 0 Å². The van der Waals surface area contributed by atoms with Crippen molar-refractivity contribution in [3.8, 4) is 0 Å². The number of hydrogen-bond donors (Lipinski definition) is 2. The van der Waals surface area contributed by atoms with Crippen LogP contribution in [-0.2, 0) is 4.74 Å². The highest BCUT2D eigenvalue weighted by molar-refractivity contribution is 6.01. The molecule has 5 heteroatoms. The molecule has 1 heterocycles. The molecule has 0 saturated heterocycles. The zero-order valence-electron chi connectivity index (χ0n) is 7.03. The van der Waals surface area contributed by atoms with Crippen LogP contribution >= 0.6 is 0 Å². The fraction of sp³-hybridized carbons (Fsp3) is 0.250. The molecule has 1 aromatic heterocycles. The van der Waals surface area contributed by atoms with Crippen LogP contribution in [0.25, 0.3) is 0 Å². The van der Waals surface area contributed by atoms with Crippen molar-refractivity contribution in [3.05, 3.63) is 23.5 Å². The molecule has 1 aromatic rings. The number of carboxylic acid groups (broad SMARTS) is 1. The van der Waals surface area contributed by atoms with Crippen LogP contribution in [-0.4, -0.2) is 28.6 Å². The average molecular weight is 183 g/mol. The van der Waals surface area contributed by atoms with E-state index in [1.807, 2.05) is 0 Å². The topological polar surface area (TPSA) is 79.4 Å². The first-order valence-electron chi connectivity index (χ1n) is 3.74. The summed E-state index contributed by atoms with van der Waals surface area (Å²) in [6.07, 6.45) is 1.38. The van der Waals surface area contributed by atoms with Crippen LogP contribution in [0.3, 0.4) is 0 Å². The number of hydrogen-bond acceptors (Lipinski definition) is 3. The molecule has 13 heavy (non-hydrogen) atoms. The maximum Gasteiger partial charge on any atom is 0.353 e. The van der Waals surface area contributed by atoms with Crippen molar-refractivity contribution in [1.82, 2.24) is 4.98 Å². The Morgan fingerprint density at radius 3 is 2.85 bits per heavy atom. The molecule has 1 rings (SSSR count). The summed E-state index contributed by atoms with van der Waals surface area (Å²) >= 11 is 0. The summed E-state index contributed by atoms with van der Waals surface area (Å²) in [7, 11) is 0. The lowest BCUT2D eigenvalue weighted by atomic mass is 10.2. The van der Waals surface area contributed by atoms with Crippen molar-refractivity contribution < 1.29 is 19.4 Å². The van der Waals surface area contributed by atoms with Crippen LogP contribution < -0.4 is 0 Å². The third-order valence-corrected chi connectivity index (χ3v) is 1.46. The number of ether oxygens (including phenoxy) is 1. The number of aromatic amines is 1. The van der Waals surface area contributed by atoms with Crippen molar-refractivity contribution >= 4 is 11.9 Å². The molecule has 0 aliphatic carbocycles. The van der Waals surface area contributed by atoms with Crippen LogP contribution in [0.1, 0.15) is 27.8 Å². The summed E-state index contributed by atoms with van der Waals surface area (Å²) in [5, 5.41) is 8.63. The number of carbonyl (C=O) groups is 2. The van der Waals surface area contributed by atoms with Crippen LogP contribution in [0.4, 0.5) is 0 Å². The molecule has 0 fully saturated rings. The molecule has 70 valence electrons. The van der Waals surface area contributed by atoms with E-state index in [-0.39, 0.29) is 17.9 Å². The number of esters is 1. The maximum atomic E-state index is 11.1. The minimum Gasteiger partial charge on any atom is -0.477 e. The zero-order chi connectivity index (χ0) is 9.84. The summed E-state index contributed by atoms with van der Waals surface area (Å²) in [5.41, 5.74) is -0.0900. The van der Waals surface area contributed by atoms with E-state index < -0.39 is 11.9 Å². The van der Waals surface area contributed by atoms with Gasteiger partial charge in [-0.05, 0) is 13.0 Å². The number of carbonyl (C=O) groups excluding carboxylic acids is 1. The number of aromatic nitrogens is 1. The lowest BCUT2D eigenvalue weighted by Crippen LogP contribution is -2.09. The molecule has 0 unspecified atom stereocenters. The predicted octanol–water partition coefficient (Wildman–Crippen LogP) is 0.890. The smallest absolute Gasteiger partial charge is 0.353 e. The molecule has 0 aromatic carbocycles. The minimum atomic E-state index is -1.17. The quantitative estimate of drug-likeness (QED) is 0.682. The van der Waals surface area contributed by atoms with Gasteiger partial charge in [0.05, 0.1) is 12.2 Å². The van der Waals surface area contributed by atoms with E-state index in [1.165, 1.54) is 12.3 Å². The summed E-state index contributed by atoms with van der Waals surface area (Å²) < 4.78 is 4.65. The second kappa shape index (κ2) is 3.75. The Kier molecular flexibility index (Phi) is 2.69. The Bertz CT molecular complexity index is 329. The molecule has 0 amide bonds. The number of H-pyrrole nitrogens is 1. The van der Waals surface area contributed by atoms with Gasteiger partial charge < -0.3 is 14.8 Å². The fourth-order valence-corrected chi connectivity index (χ4v) is 0.925. The SMILES string of the molecule is CCOC(=O)c1cc[nH]c1C(=O)O. The Hall–Kier alpha value is -1.78. The summed E-state index contributed by atoms with van der Waals surface area (Å²) in [6, 6.07) is 1.38. The lowest BCUT2D eigenvalue weighted by molar-refractivity contribution is 0.0514. The van der Waals surface area contributed by atoms with E-state index >= 15 is 0 Å². The third kappa shape index (κ3) is 1.87. The first-order valence-corrected chi connectivity index (χ1v) is 3.74. The molecule has 0 aliphatic heterocycles. The predicted molar refractivity (Wildman–Crippen MR) is 43.7 cm³/mol. The average Bonchev–Trinajstić information content (AvgIpc) is 2.52. The van der Waals surface area contributed by atoms with Crippen molar-refractivity contribution in [2.75, 3.05) is 6.61 Å². The van der Waals surface area contributed by atoms with Gasteiger partial charge in [-0.1, -0.05) is 0 Å². The molecule has 2 N–H and O–H groups in total. The maximum absolute atomic E-state index is 11.1. The van der Waals surface area contributed by atoms with Gasteiger partial charge in [-0.2, -0.15) is 0 Å². The van der Waals surface area contributed by atoms with Gasteiger partial charge in [-0.25, -0.2) is 9.59 Å². The molecule has 5 nitrogen and oxygen atoms in total. The minimum absolute atomic E-state index is 0.0503. The van der Waals surface area contributed by atoms with E-state index in [2.05, 4.69) is 9.72 Å². The van der Waals surface area contributed by atoms with Gasteiger partial charge in [0.25, 0.3) is 0 Å². The van der Waals surface area contributed by atoms with E-state index in [0.717, 1.165) is 0 Å². The standard InChI is InChI=1S/C8H9NO4/c1-2-13-8(12)5-3-4-9-6(5)7(10)11/h3-4,9H,2H2,1H3,(H,10,11). The van der Waals surface area contributed by atoms with Gasteiger partial charge >= 0.3 is 11.9 Å². The highest BCUT2D eigenvalue weighted by Crippen LogP contribution is 2.08. The Morgan fingerprint density at radius 1 is 1.62 bits per heavy atom. The zero-order valence-corrected chi connectivity index (χ0v) is 7.03. The number of rotatable bonds is 3. The van der Waals surface area contributed by atoms with E-state index in [4.69, 9.17) is 5.11 Å². The van der Waals surface area contributed by atoms with Crippen molar-refractivity contribution in [2.45, 2.75) is 6.92 Å². The fourth-order valence-electron chi connectivity index (χ4n) is 0.925. The molecule has 0 radical (unpaired) electrons. The molecular weight excluding hydrogens is 174 g/mol.